The van der Waals surface area contributed by atoms with Gasteiger partial charge in [-0.3, -0.25) is 0 Å². The molecule has 2 unspecified atom stereocenters. The van der Waals surface area contributed by atoms with Gasteiger partial charge in [0.15, 0.2) is 5.72 Å². The van der Waals surface area contributed by atoms with Crippen molar-refractivity contribution < 1.29 is 19.7 Å². The Balaban J connectivity index is 0. The van der Waals surface area contributed by atoms with E-state index in [1.165, 1.54) is 38.5 Å². The van der Waals surface area contributed by atoms with Gasteiger partial charge in [0.2, 0.25) is 0 Å². The van der Waals surface area contributed by atoms with Crippen molar-refractivity contribution in [1.82, 2.24) is 0 Å². The van der Waals surface area contributed by atoms with Gasteiger partial charge in [-0.2, -0.15) is 6.92 Å². The molecular formula is C24H54BNO3. The van der Waals surface area contributed by atoms with Gasteiger partial charge in [0.05, 0.1) is 5.41 Å². The Hall–Kier alpha value is -0.0951. The van der Waals surface area contributed by atoms with Crippen LogP contribution in [0, 0.1) is 18.3 Å². The van der Waals surface area contributed by atoms with Crippen molar-refractivity contribution in [3.63, 3.8) is 0 Å². The normalized spacial score (nSPS) is 14.7. The molecule has 0 aliphatic heterocycles. The second-order valence-corrected chi connectivity index (χ2v) is 7.88. The maximum absolute atomic E-state index is 6.62. The highest BCUT2D eigenvalue weighted by Crippen LogP contribution is 2.49. The number of rotatable bonds is 18. The molecule has 0 aliphatic rings. The van der Waals surface area contributed by atoms with E-state index in [1.54, 1.807) is 6.92 Å². The molecule has 0 heterocycles. The molecule has 0 amide bonds. The molecule has 0 saturated heterocycles. The van der Waals surface area contributed by atoms with E-state index in [9.17, 15) is 0 Å². The van der Waals surface area contributed by atoms with E-state index in [0.29, 0.717) is 19.1 Å². The van der Waals surface area contributed by atoms with E-state index < -0.39 is 13.0 Å². The van der Waals surface area contributed by atoms with Crippen LogP contribution < -0.4 is 5.73 Å². The summed E-state index contributed by atoms with van der Waals surface area (Å²) in [6, 6.07) is 0. The lowest BCUT2D eigenvalue weighted by atomic mass is 9.60. The number of hydrogen-bond donors (Lipinski definition) is 1. The van der Waals surface area contributed by atoms with Gasteiger partial charge in [-0.05, 0) is 45.4 Å². The Labute approximate surface area is 184 Å². The zero-order valence-corrected chi connectivity index (χ0v) is 21.3. The molecule has 0 aromatic heterocycles. The molecule has 0 bridgehead atoms. The van der Waals surface area contributed by atoms with Crippen LogP contribution in [0.5, 0.6) is 0 Å². The Morgan fingerprint density at radius 3 is 1.76 bits per heavy atom. The van der Waals surface area contributed by atoms with E-state index in [4.69, 9.17) is 19.7 Å². The predicted molar refractivity (Wildman–Crippen MR) is 127 cm³/mol. The average Bonchev–Trinajstić information content (AvgIpc) is 2.73. The van der Waals surface area contributed by atoms with E-state index >= 15 is 0 Å². The minimum atomic E-state index is -0.625. The smallest absolute Gasteiger partial charge is 0.386 e. The molecule has 0 saturated carbocycles. The van der Waals surface area contributed by atoms with Crippen LogP contribution in [0.3, 0.4) is 0 Å². The molecule has 0 rings (SSSR count). The van der Waals surface area contributed by atoms with E-state index in [-0.39, 0.29) is 5.41 Å². The molecule has 0 aromatic rings. The van der Waals surface area contributed by atoms with Crippen LogP contribution in [0.25, 0.3) is 0 Å². The first-order valence-electron chi connectivity index (χ1n) is 12.4. The molecule has 0 aromatic carbocycles. The molecule has 0 fully saturated rings. The van der Waals surface area contributed by atoms with Crippen LogP contribution in [0.15, 0.2) is 0 Å². The molecule has 3 N–H and O–H groups in total. The van der Waals surface area contributed by atoms with Crippen molar-refractivity contribution >= 4 is 7.32 Å². The highest BCUT2D eigenvalue weighted by molar-refractivity contribution is 6.36. The molecule has 2 atom stereocenters. The maximum atomic E-state index is 6.62. The second kappa shape index (κ2) is 18.7. The number of hydrogen-bond acceptors (Lipinski definition) is 3. The standard InChI is InChI=1S/C22H48BNO3.C2H5/c1-8-15-16-17-19-22(24,27-23(25-13-6)26-14-7)21(11-4,12-5)20(10-3)18-9-2;1-2/h20H,8-19,24H2,1-7H3;1H2,2H3/q;-1/p+1. The molecule has 5 heteroatoms. The summed E-state index contributed by atoms with van der Waals surface area (Å²) in [6.07, 6.45) is 11.6. The summed E-state index contributed by atoms with van der Waals surface area (Å²) in [5, 5.41) is 0. The largest absolute Gasteiger partial charge is 0.643 e. The summed E-state index contributed by atoms with van der Waals surface area (Å²) in [4.78, 5) is 0. The lowest BCUT2D eigenvalue weighted by Crippen LogP contribution is -2.83. The third kappa shape index (κ3) is 9.71. The highest BCUT2D eigenvalue weighted by atomic mass is 16.7. The van der Waals surface area contributed by atoms with E-state index in [0.717, 1.165) is 25.7 Å². The topological polar surface area (TPSA) is 55.3 Å². The van der Waals surface area contributed by atoms with E-state index in [2.05, 4.69) is 41.5 Å². The molecule has 176 valence electrons. The fourth-order valence-electron chi connectivity index (χ4n) is 4.90. The first-order chi connectivity index (χ1) is 13.9. The van der Waals surface area contributed by atoms with Crippen molar-refractivity contribution in [1.29, 1.82) is 0 Å². The van der Waals surface area contributed by atoms with Gasteiger partial charge < -0.3 is 26.6 Å². The van der Waals surface area contributed by atoms with Crippen molar-refractivity contribution in [3.8, 4) is 0 Å². The van der Waals surface area contributed by atoms with Crippen molar-refractivity contribution in [3.05, 3.63) is 6.92 Å². The van der Waals surface area contributed by atoms with Crippen molar-refractivity contribution in [2.24, 2.45) is 11.3 Å². The molecular weight excluding hydrogens is 361 g/mol. The second-order valence-electron chi connectivity index (χ2n) is 7.88. The van der Waals surface area contributed by atoms with Crippen LogP contribution in [0.1, 0.15) is 120 Å². The van der Waals surface area contributed by atoms with Gasteiger partial charge in [-0.25, -0.2) is 0 Å². The minimum Gasteiger partial charge on any atom is -0.386 e. The van der Waals surface area contributed by atoms with Gasteiger partial charge in [-0.15, -0.1) is 0 Å². The molecule has 29 heavy (non-hydrogen) atoms. The third-order valence-electron chi connectivity index (χ3n) is 6.44. The fraction of sp³-hybridized carbons (Fsp3) is 0.958. The van der Waals surface area contributed by atoms with Crippen LogP contribution in [0.4, 0.5) is 0 Å². The summed E-state index contributed by atoms with van der Waals surface area (Å²) in [5.74, 6) is 0.602. The summed E-state index contributed by atoms with van der Waals surface area (Å²) in [5.41, 5.74) is 4.30. The number of quaternary nitrogens is 1. The lowest BCUT2D eigenvalue weighted by Gasteiger charge is -2.50. The lowest BCUT2D eigenvalue weighted by molar-refractivity contribution is -0.580. The maximum Gasteiger partial charge on any atom is 0.643 e. The van der Waals surface area contributed by atoms with Gasteiger partial charge in [0.25, 0.3) is 0 Å². The Bertz CT molecular complexity index is 347. The minimum absolute atomic E-state index is 0.0381. The predicted octanol–water partition coefficient (Wildman–Crippen LogP) is 6.44. The zero-order valence-electron chi connectivity index (χ0n) is 21.3. The van der Waals surface area contributed by atoms with Gasteiger partial charge in [-0.1, -0.05) is 66.7 Å². The quantitative estimate of drug-likeness (QED) is 0.121. The summed E-state index contributed by atoms with van der Waals surface area (Å²) >= 11 is 0. The van der Waals surface area contributed by atoms with Crippen LogP contribution in [0.2, 0.25) is 0 Å². The Kier molecular flexibility index (Phi) is 20.0. The highest BCUT2D eigenvalue weighted by Gasteiger charge is 2.56. The van der Waals surface area contributed by atoms with Gasteiger partial charge in [0, 0.05) is 19.6 Å². The van der Waals surface area contributed by atoms with Crippen LogP contribution >= 0.6 is 0 Å². The van der Waals surface area contributed by atoms with Gasteiger partial charge >= 0.3 is 7.32 Å². The summed E-state index contributed by atoms with van der Waals surface area (Å²) < 4.78 is 18.2. The first kappa shape index (κ1) is 31.1. The first-order valence-corrected chi connectivity index (χ1v) is 12.4. The average molecular weight is 416 g/mol. The van der Waals surface area contributed by atoms with Crippen molar-refractivity contribution in [2.45, 2.75) is 125 Å². The van der Waals surface area contributed by atoms with Crippen LogP contribution in [-0.4, -0.2) is 26.3 Å². The molecule has 0 aliphatic carbocycles. The monoisotopic (exact) mass is 415 g/mol. The Morgan fingerprint density at radius 2 is 1.38 bits per heavy atom. The van der Waals surface area contributed by atoms with Crippen molar-refractivity contribution in [2.75, 3.05) is 13.2 Å². The summed E-state index contributed by atoms with van der Waals surface area (Å²) in [7, 11) is -0.625. The third-order valence-corrected chi connectivity index (χ3v) is 6.44. The molecule has 0 spiro atoms. The fourth-order valence-corrected chi connectivity index (χ4v) is 4.90. The Morgan fingerprint density at radius 1 is 0.828 bits per heavy atom. The SMILES string of the molecule is CCCCCCC([NH3+])(OB(OCC)OCC)C(CC)(CC)C(CC)CCC.[CH2-]C. The molecule has 0 radical (unpaired) electrons. The van der Waals surface area contributed by atoms with Crippen LogP contribution in [-0.2, 0) is 14.0 Å². The summed E-state index contributed by atoms with van der Waals surface area (Å²) in [6.45, 7) is 21.6. The van der Waals surface area contributed by atoms with Gasteiger partial charge in [0.1, 0.15) is 0 Å². The number of unbranched alkanes of at least 4 members (excludes halogenated alkanes) is 3. The zero-order chi connectivity index (χ0) is 22.8. The van der Waals surface area contributed by atoms with E-state index in [1.807, 2.05) is 13.8 Å². The molecule has 4 nitrogen and oxygen atoms in total.